The molecule has 1 aromatic heterocycles. The molecular formula is C20H26N2O3. The van der Waals surface area contributed by atoms with Crippen LogP contribution in [0.2, 0.25) is 0 Å². The predicted octanol–water partition coefficient (Wildman–Crippen LogP) is 2.40. The number of aliphatic hydroxyl groups excluding tert-OH is 1. The Morgan fingerprint density at radius 3 is 2.52 bits per heavy atom. The van der Waals surface area contributed by atoms with Gasteiger partial charge in [-0.3, -0.25) is 9.69 Å². The molecule has 0 radical (unpaired) electrons. The minimum atomic E-state index is -0.319. The summed E-state index contributed by atoms with van der Waals surface area (Å²) in [5.41, 5.74) is 1.05. The van der Waals surface area contributed by atoms with E-state index >= 15 is 0 Å². The third-order valence-electron chi connectivity index (χ3n) is 4.55. The van der Waals surface area contributed by atoms with Crippen LogP contribution in [-0.2, 0) is 11.2 Å². The maximum atomic E-state index is 12.4. The number of furan rings is 1. The largest absolute Gasteiger partial charge is 0.461 e. The number of carbonyl (C=O) groups excluding carboxylic acids is 1. The Bertz CT molecular complexity index is 673. The highest BCUT2D eigenvalue weighted by Crippen LogP contribution is 2.22. The molecule has 0 aliphatic carbocycles. The van der Waals surface area contributed by atoms with Gasteiger partial charge in [-0.25, -0.2) is 0 Å². The second kappa shape index (κ2) is 8.32. The smallest absolute Gasteiger partial charge is 0.223 e. The van der Waals surface area contributed by atoms with Gasteiger partial charge in [-0.15, -0.1) is 0 Å². The van der Waals surface area contributed by atoms with Gasteiger partial charge in [-0.1, -0.05) is 30.3 Å². The zero-order chi connectivity index (χ0) is 17.6. The van der Waals surface area contributed by atoms with E-state index in [1.807, 2.05) is 47.4 Å². The van der Waals surface area contributed by atoms with Crippen molar-refractivity contribution in [2.45, 2.75) is 25.9 Å². The summed E-state index contributed by atoms with van der Waals surface area (Å²) in [6, 6.07) is 13.9. The topological polar surface area (TPSA) is 56.9 Å². The van der Waals surface area contributed by atoms with Crippen molar-refractivity contribution >= 4 is 5.91 Å². The predicted molar refractivity (Wildman–Crippen MR) is 97.2 cm³/mol. The molecule has 5 nitrogen and oxygen atoms in total. The number of aryl methyl sites for hydroxylation is 1. The van der Waals surface area contributed by atoms with Crippen LogP contribution in [0, 0.1) is 0 Å². The van der Waals surface area contributed by atoms with Crippen molar-refractivity contribution < 1.29 is 14.3 Å². The lowest BCUT2D eigenvalue weighted by Gasteiger charge is -2.35. The number of rotatable bonds is 6. The SMILES string of the molecule is C[C@H](O)CN1CCN(C(=O)CCc2ccc(-c3ccccc3)o2)CC1. The number of nitrogens with zero attached hydrogens (tertiary/aromatic N) is 2. The average molecular weight is 342 g/mol. The molecule has 1 amide bonds. The van der Waals surface area contributed by atoms with Gasteiger partial charge >= 0.3 is 0 Å². The van der Waals surface area contributed by atoms with E-state index in [1.54, 1.807) is 6.92 Å². The quantitative estimate of drug-likeness (QED) is 0.876. The van der Waals surface area contributed by atoms with E-state index < -0.39 is 0 Å². The van der Waals surface area contributed by atoms with Gasteiger partial charge < -0.3 is 14.4 Å². The number of hydrogen-bond acceptors (Lipinski definition) is 4. The van der Waals surface area contributed by atoms with Crippen LogP contribution in [0.4, 0.5) is 0 Å². The number of aliphatic hydroxyl groups is 1. The fourth-order valence-electron chi connectivity index (χ4n) is 3.21. The van der Waals surface area contributed by atoms with E-state index in [2.05, 4.69) is 4.90 Å². The molecule has 1 saturated heterocycles. The first-order valence-electron chi connectivity index (χ1n) is 8.94. The van der Waals surface area contributed by atoms with E-state index in [0.717, 1.165) is 43.3 Å². The summed E-state index contributed by atoms with van der Waals surface area (Å²) in [6.45, 7) is 5.60. The van der Waals surface area contributed by atoms with E-state index in [0.29, 0.717) is 19.4 Å². The molecule has 0 spiro atoms. The molecule has 1 aliphatic rings. The van der Waals surface area contributed by atoms with Gasteiger partial charge in [0.05, 0.1) is 6.10 Å². The fraction of sp³-hybridized carbons (Fsp3) is 0.450. The Morgan fingerprint density at radius 1 is 1.12 bits per heavy atom. The van der Waals surface area contributed by atoms with Gasteiger partial charge in [-0.05, 0) is 19.1 Å². The van der Waals surface area contributed by atoms with E-state index in [4.69, 9.17) is 4.42 Å². The first-order chi connectivity index (χ1) is 12.1. The third-order valence-corrected chi connectivity index (χ3v) is 4.55. The fourth-order valence-corrected chi connectivity index (χ4v) is 3.21. The highest BCUT2D eigenvalue weighted by molar-refractivity contribution is 5.76. The summed E-state index contributed by atoms with van der Waals surface area (Å²) in [7, 11) is 0. The minimum Gasteiger partial charge on any atom is -0.461 e. The van der Waals surface area contributed by atoms with Gasteiger partial charge in [0, 0.05) is 51.1 Å². The van der Waals surface area contributed by atoms with E-state index in [1.165, 1.54) is 0 Å². The standard InChI is InChI=1S/C20H26N2O3/c1-16(23)15-21-11-13-22(14-12-21)20(24)10-8-18-7-9-19(25-18)17-5-3-2-4-6-17/h2-7,9,16,23H,8,10-15H2,1H3/t16-/m0/s1. The highest BCUT2D eigenvalue weighted by atomic mass is 16.3. The molecule has 0 unspecified atom stereocenters. The number of carbonyl (C=O) groups is 1. The lowest BCUT2D eigenvalue weighted by atomic mass is 10.2. The molecule has 25 heavy (non-hydrogen) atoms. The Labute approximate surface area is 148 Å². The Morgan fingerprint density at radius 2 is 1.84 bits per heavy atom. The van der Waals surface area contributed by atoms with E-state index in [-0.39, 0.29) is 12.0 Å². The number of benzene rings is 1. The zero-order valence-electron chi connectivity index (χ0n) is 14.7. The number of hydrogen-bond donors (Lipinski definition) is 1. The van der Waals surface area contributed by atoms with Gasteiger partial charge in [0.2, 0.25) is 5.91 Å². The molecule has 1 atom stereocenters. The van der Waals surface area contributed by atoms with Crippen LogP contribution in [0.15, 0.2) is 46.9 Å². The summed E-state index contributed by atoms with van der Waals surface area (Å²) in [5, 5.41) is 9.44. The molecule has 1 N–H and O–H groups in total. The average Bonchev–Trinajstić information content (AvgIpc) is 3.10. The molecule has 3 rings (SSSR count). The number of piperazine rings is 1. The van der Waals surface area contributed by atoms with Crippen molar-refractivity contribution in [2.24, 2.45) is 0 Å². The summed E-state index contributed by atoms with van der Waals surface area (Å²) < 4.78 is 5.86. The monoisotopic (exact) mass is 342 g/mol. The highest BCUT2D eigenvalue weighted by Gasteiger charge is 2.21. The van der Waals surface area contributed by atoms with Crippen molar-refractivity contribution in [1.29, 1.82) is 0 Å². The molecule has 5 heteroatoms. The summed E-state index contributed by atoms with van der Waals surface area (Å²) in [5.74, 6) is 1.86. The van der Waals surface area contributed by atoms with Crippen molar-refractivity contribution in [1.82, 2.24) is 9.80 Å². The second-order valence-electron chi connectivity index (χ2n) is 6.66. The molecular weight excluding hydrogens is 316 g/mol. The lowest BCUT2D eigenvalue weighted by Crippen LogP contribution is -2.50. The van der Waals surface area contributed by atoms with Crippen molar-refractivity contribution in [3.63, 3.8) is 0 Å². The minimum absolute atomic E-state index is 0.175. The van der Waals surface area contributed by atoms with Crippen LogP contribution in [0.5, 0.6) is 0 Å². The molecule has 1 fully saturated rings. The normalized spacial score (nSPS) is 16.8. The van der Waals surface area contributed by atoms with Gasteiger partial charge in [-0.2, -0.15) is 0 Å². The van der Waals surface area contributed by atoms with Crippen LogP contribution in [0.25, 0.3) is 11.3 Å². The summed E-state index contributed by atoms with van der Waals surface area (Å²) in [6.07, 6.45) is 0.776. The first kappa shape index (κ1) is 17.7. The van der Waals surface area contributed by atoms with Crippen molar-refractivity contribution in [2.75, 3.05) is 32.7 Å². The van der Waals surface area contributed by atoms with Gasteiger partial charge in [0.1, 0.15) is 11.5 Å². The molecule has 0 bridgehead atoms. The van der Waals surface area contributed by atoms with Crippen LogP contribution in [0.3, 0.4) is 0 Å². The molecule has 134 valence electrons. The number of β-amino-alcohol motifs (C(OH)–C–C–N with tert-alkyl or cyclic N) is 1. The summed E-state index contributed by atoms with van der Waals surface area (Å²) >= 11 is 0. The first-order valence-corrected chi connectivity index (χ1v) is 8.94. The van der Waals surface area contributed by atoms with Crippen LogP contribution >= 0.6 is 0 Å². The maximum absolute atomic E-state index is 12.4. The number of amides is 1. The van der Waals surface area contributed by atoms with Gasteiger partial charge in [0.15, 0.2) is 0 Å². The third kappa shape index (κ3) is 4.94. The molecule has 1 aromatic carbocycles. The Balaban J connectivity index is 1.46. The molecule has 1 aliphatic heterocycles. The van der Waals surface area contributed by atoms with Crippen molar-refractivity contribution in [3.05, 3.63) is 48.2 Å². The molecule has 0 saturated carbocycles. The van der Waals surface area contributed by atoms with Crippen LogP contribution < -0.4 is 0 Å². The van der Waals surface area contributed by atoms with Crippen LogP contribution in [-0.4, -0.2) is 59.6 Å². The molecule has 2 aromatic rings. The van der Waals surface area contributed by atoms with Crippen molar-refractivity contribution in [3.8, 4) is 11.3 Å². The molecule has 2 heterocycles. The van der Waals surface area contributed by atoms with E-state index in [9.17, 15) is 9.90 Å². The van der Waals surface area contributed by atoms with Crippen LogP contribution in [0.1, 0.15) is 19.1 Å². The zero-order valence-corrected chi connectivity index (χ0v) is 14.7. The summed E-state index contributed by atoms with van der Waals surface area (Å²) in [4.78, 5) is 16.5. The second-order valence-corrected chi connectivity index (χ2v) is 6.66. The maximum Gasteiger partial charge on any atom is 0.223 e. The Kier molecular flexibility index (Phi) is 5.89. The Hall–Kier alpha value is -2.11. The van der Waals surface area contributed by atoms with Gasteiger partial charge in [0.25, 0.3) is 0 Å². The lowest BCUT2D eigenvalue weighted by molar-refractivity contribution is -0.133.